The molecule has 0 radical (unpaired) electrons. The number of ether oxygens (including phenoxy) is 3. The monoisotopic (exact) mass is 447 g/mol. The van der Waals surface area contributed by atoms with Gasteiger partial charge in [-0.05, 0) is 66.7 Å². The number of benzene rings is 2. The summed E-state index contributed by atoms with van der Waals surface area (Å²) in [5, 5.41) is 6.25. The van der Waals surface area contributed by atoms with Crippen LogP contribution in [0.15, 0.2) is 70.4 Å². The molecule has 5 rings (SSSR count). The van der Waals surface area contributed by atoms with E-state index in [0.717, 1.165) is 34.1 Å². The molecule has 0 bridgehead atoms. The maximum Gasteiger partial charge on any atom is 0.257 e. The Morgan fingerprint density at radius 1 is 1.15 bits per heavy atom. The number of nitrogens with zero attached hydrogens (tertiary/aromatic N) is 3. The van der Waals surface area contributed by atoms with Gasteiger partial charge in [0.25, 0.3) is 5.91 Å². The van der Waals surface area contributed by atoms with E-state index in [4.69, 9.17) is 23.7 Å². The van der Waals surface area contributed by atoms with Crippen molar-refractivity contribution < 1.29 is 23.4 Å². The van der Waals surface area contributed by atoms with Crippen LogP contribution in [-0.4, -0.2) is 49.0 Å². The number of hydrogen-bond acceptors (Lipinski definition) is 7. The standard InChI is InChI=1S/C25H25N3O5/c1-27(14-17-5-10-23-24(12-17)33-16-32-23)15-25(29)28-21(22-4-3-11-31-22)13-20(26-28)18-6-8-19(30-2)9-7-18/h3-12,21H,13-16H2,1-2H3/t21-/m1/s1. The van der Waals surface area contributed by atoms with E-state index in [2.05, 4.69) is 0 Å². The van der Waals surface area contributed by atoms with Gasteiger partial charge in [0, 0.05) is 13.0 Å². The second kappa shape index (κ2) is 8.99. The first-order valence-electron chi connectivity index (χ1n) is 10.7. The summed E-state index contributed by atoms with van der Waals surface area (Å²) in [5.74, 6) is 2.88. The van der Waals surface area contributed by atoms with Gasteiger partial charge in [0.2, 0.25) is 6.79 Å². The first kappa shape index (κ1) is 21.1. The van der Waals surface area contributed by atoms with Crippen LogP contribution in [0.1, 0.15) is 29.3 Å². The van der Waals surface area contributed by atoms with Crippen LogP contribution in [0.2, 0.25) is 0 Å². The van der Waals surface area contributed by atoms with Crippen LogP contribution in [0, 0.1) is 0 Å². The first-order valence-corrected chi connectivity index (χ1v) is 10.7. The van der Waals surface area contributed by atoms with Crippen molar-refractivity contribution in [3.05, 3.63) is 77.7 Å². The fourth-order valence-electron chi connectivity index (χ4n) is 4.11. The maximum absolute atomic E-state index is 13.3. The van der Waals surface area contributed by atoms with Crippen LogP contribution in [-0.2, 0) is 11.3 Å². The van der Waals surface area contributed by atoms with Gasteiger partial charge in [-0.3, -0.25) is 9.69 Å². The van der Waals surface area contributed by atoms with Gasteiger partial charge in [-0.15, -0.1) is 0 Å². The third-order valence-corrected chi connectivity index (χ3v) is 5.76. The molecule has 3 aromatic rings. The van der Waals surface area contributed by atoms with Crippen LogP contribution in [0.4, 0.5) is 0 Å². The Labute approximate surface area is 192 Å². The van der Waals surface area contributed by atoms with Gasteiger partial charge in [-0.2, -0.15) is 5.10 Å². The van der Waals surface area contributed by atoms with Crippen molar-refractivity contribution in [3.8, 4) is 17.2 Å². The van der Waals surface area contributed by atoms with Gasteiger partial charge >= 0.3 is 0 Å². The van der Waals surface area contributed by atoms with Gasteiger partial charge in [0.15, 0.2) is 11.5 Å². The topological polar surface area (TPSA) is 76.7 Å². The minimum atomic E-state index is -0.274. The molecule has 2 aliphatic rings. The highest BCUT2D eigenvalue weighted by molar-refractivity contribution is 6.03. The predicted octanol–water partition coefficient (Wildman–Crippen LogP) is 3.83. The molecule has 1 aromatic heterocycles. The number of fused-ring (bicyclic) bond motifs is 1. The number of amides is 1. The van der Waals surface area contributed by atoms with Crippen molar-refractivity contribution in [2.45, 2.75) is 19.0 Å². The number of hydrogen-bond donors (Lipinski definition) is 0. The lowest BCUT2D eigenvalue weighted by Gasteiger charge is -2.23. The lowest BCUT2D eigenvalue weighted by atomic mass is 10.0. The molecular formula is C25H25N3O5. The van der Waals surface area contributed by atoms with E-state index in [9.17, 15) is 4.79 Å². The van der Waals surface area contributed by atoms with Crippen LogP contribution in [0.3, 0.4) is 0 Å². The molecule has 0 N–H and O–H groups in total. The van der Waals surface area contributed by atoms with E-state index < -0.39 is 0 Å². The molecule has 1 atom stereocenters. The smallest absolute Gasteiger partial charge is 0.257 e. The van der Waals surface area contributed by atoms with Gasteiger partial charge in [0.05, 0.1) is 25.6 Å². The number of methoxy groups -OCH3 is 1. The summed E-state index contributed by atoms with van der Waals surface area (Å²) in [5.41, 5.74) is 2.84. The van der Waals surface area contributed by atoms with E-state index in [0.29, 0.717) is 18.7 Å². The van der Waals surface area contributed by atoms with Gasteiger partial charge in [-0.1, -0.05) is 6.07 Å². The van der Waals surface area contributed by atoms with Crippen molar-refractivity contribution in [3.63, 3.8) is 0 Å². The van der Waals surface area contributed by atoms with E-state index in [1.54, 1.807) is 18.4 Å². The third-order valence-electron chi connectivity index (χ3n) is 5.76. The molecular weight excluding hydrogens is 422 g/mol. The van der Waals surface area contributed by atoms with Crippen molar-refractivity contribution in [2.24, 2.45) is 5.10 Å². The second-order valence-electron chi connectivity index (χ2n) is 8.11. The van der Waals surface area contributed by atoms with Crippen LogP contribution >= 0.6 is 0 Å². The normalized spacial score (nSPS) is 16.9. The molecule has 0 fully saturated rings. The minimum absolute atomic E-state index is 0.0943. The Bertz CT molecular complexity index is 1160. The van der Waals surface area contributed by atoms with E-state index in [-0.39, 0.29) is 25.3 Å². The second-order valence-corrected chi connectivity index (χ2v) is 8.11. The Balaban J connectivity index is 1.31. The molecule has 170 valence electrons. The Hall–Kier alpha value is -3.78. The molecule has 0 saturated carbocycles. The van der Waals surface area contributed by atoms with Crippen molar-refractivity contribution in [2.75, 3.05) is 27.5 Å². The summed E-state index contributed by atoms with van der Waals surface area (Å²) in [6, 6.07) is 17.0. The Morgan fingerprint density at radius 2 is 1.97 bits per heavy atom. The molecule has 0 aliphatic carbocycles. The van der Waals surface area contributed by atoms with Gasteiger partial charge in [0.1, 0.15) is 17.6 Å². The van der Waals surface area contributed by atoms with E-state index >= 15 is 0 Å². The highest BCUT2D eigenvalue weighted by Gasteiger charge is 2.35. The zero-order chi connectivity index (χ0) is 22.8. The average Bonchev–Trinajstić information content (AvgIpc) is 3.59. The minimum Gasteiger partial charge on any atom is -0.497 e. The molecule has 2 aliphatic heterocycles. The fourth-order valence-corrected chi connectivity index (χ4v) is 4.11. The summed E-state index contributed by atoms with van der Waals surface area (Å²) in [6.45, 7) is 1.05. The van der Waals surface area contributed by atoms with Gasteiger partial charge in [-0.25, -0.2) is 5.01 Å². The zero-order valence-corrected chi connectivity index (χ0v) is 18.6. The fraction of sp³-hybridized carbons (Fsp3) is 0.280. The van der Waals surface area contributed by atoms with Crippen molar-refractivity contribution in [1.29, 1.82) is 0 Å². The molecule has 0 saturated heterocycles. The molecule has 0 unspecified atom stereocenters. The van der Waals surface area contributed by atoms with E-state index in [1.807, 2.05) is 66.5 Å². The zero-order valence-electron chi connectivity index (χ0n) is 18.6. The van der Waals surface area contributed by atoms with E-state index in [1.165, 1.54) is 0 Å². The quantitative estimate of drug-likeness (QED) is 0.548. The lowest BCUT2D eigenvalue weighted by Crippen LogP contribution is -2.36. The number of carbonyl (C=O) groups is 1. The molecule has 33 heavy (non-hydrogen) atoms. The maximum atomic E-state index is 13.3. The highest BCUT2D eigenvalue weighted by Crippen LogP contribution is 2.34. The molecule has 8 heteroatoms. The van der Waals surface area contributed by atoms with Crippen LogP contribution in [0.5, 0.6) is 17.2 Å². The SMILES string of the molecule is COc1ccc(C2=NN(C(=O)CN(C)Cc3ccc4c(c3)OCO4)[C@@H](c3ccco3)C2)cc1. The van der Waals surface area contributed by atoms with Crippen LogP contribution in [0.25, 0.3) is 0 Å². The molecule has 3 heterocycles. The summed E-state index contributed by atoms with van der Waals surface area (Å²) in [6.07, 6.45) is 2.20. The van der Waals surface area contributed by atoms with Crippen molar-refractivity contribution in [1.82, 2.24) is 9.91 Å². The number of carbonyl (C=O) groups excluding carboxylic acids is 1. The summed E-state index contributed by atoms with van der Waals surface area (Å²) in [4.78, 5) is 15.2. The molecule has 8 nitrogen and oxygen atoms in total. The summed E-state index contributed by atoms with van der Waals surface area (Å²) >= 11 is 0. The van der Waals surface area contributed by atoms with Crippen molar-refractivity contribution >= 4 is 11.6 Å². The predicted molar refractivity (Wildman–Crippen MR) is 121 cm³/mol. The number of hydrazone groups is 1. The number of rotatable bonds is 7. The number of likely N-dealkylation sites (N-methyl/N-ethyl adjacent to an activating group) is 1. The highest BCUT2D eigenvalue weighted by atomic mass is 16.7. The number of furan rings is 1. The Morgan fingerprint density at radius 3 is 2.73 bits per heavy atom. The molecule has 1 amide bonds. The Kier molecular flexibility index (Phi) is 5.75. The van der Waals surface area contributed by atoms with Crippen LogP contribution < -0.4 is 14.2 Å². The summed E-state index contributed by atoms with van der Waals surface area (Å²) < 4.78 is 21.7. The summed E-state index contributed by atoms with van der Waals surface area (Å²) in [7, 11) is 3.55. The molecule has 2 aromatic carbocycles. The van der Waals surface area contributed by atoms with Gasteiger partial charge < -0.3 is 18.6 Å². The lowest BCUT2D eigenvalue weighted by molar-refractivity contribution is -0.134. The largest absolute Gasteiger partial charge is 0.497 e. The first-order chi connectivity index (χ1) is 16.1. The average molecular weight is 447 g/mol. The molecule has 0 spiro atoms. The third kappa shape index (κ3) is 4.42.